The number of hydrogen-bond acceptors (Lipinski definition) is 16. The molecule has 8 N–H and O–H groups in total. The Morgan fingerprint density at radius 3 is 1.49 bits per heavy atom. The van der Waals surface area contributed by atoms with Crippen molar-refractivity contribution in [2.45, 2.75) is 53.2 Å². The van der Waals surface area contributed by atoms with Gasteiger partial charge in [0.05, 0.1) is 32.5 Å². The first-order valence-corrected chi connectivity index (χ1v) is 14.8. The normalized spacial score (nSPS) is 12.4. The summed E-state index contributed by atoms with van der Waals surface area (Å²) in [4.78, 5) is 71.0. The van der Waals surface area contributed by atoms with Crippen molar-refractivity contribution in [1.29, 1.82) is 0 Å². The van der Waals surface area contributed by atoms with Crippen LogP contribution < -0.4 is 33.2 Å². The number of ether oxygens (including phenoxy) is 4. The van der Waals surface area contributed by atoms with Gasteiger partial charge in [0, 0.05) is 0 Å². The maximum absolute atomic E-state index is 12.6. The van der Waals surface area contributed by atoms with E-state index in [1.54, 1.807) is 0 Å². The largest absolute Gasteiger partial charge is 0.462 e. The van der Waals surface area contributed by atoms with Crippen LogP contribution in [-0.4, -0.2) is 96.2 Å². The molecular weight excluding hydrogens is 691 g/mol. The predicted octanol–water partition coefficient (Wildman–Crippen LogP) is -0.121. The van der Waals surface area contributed by atoms with Gasteiger partial charge >= 0.3 is 11.9 Å². The van der Waals surface area contributed by atoms with Gasteiger partial charge in [-0.25, -0.2) is 9.97 Å². The molecule has 49 heavy (non-hydrogen) atoms. The van der Waals surface area contributed by atoms with Gasteiger partial charge in [0.1, 0.15) is 38.8 Å². The number of nitrogens with two attached hydrogens (primary N) is 2. The third-order valence-corrected chi connectivity index (χ3v) is 6.85. The number of rotatable bonds is 18. The molecule has 0 unspecified atom stereocenters. The lowest BCUT2D eigenvalue weighted by Gasteiger charge is -2.14. The molecule has 0 aromatic carbocycles. The molecule has 4 aromatic rings. The average Bonchev–Trinajstić information content (AvgIpc) is 3.64. The summed E-state index contributed by atoms with van der Waals surface area (Å²) in [7, 11) is 0. The van der Waals surface area contributed by atoms with Crippen molar-refractivity contribution in [2.75, 3.05) is 43.7 Å². The molecule has 0 saturated carbocycles. The second kappa shape index (κ2) is 19.0. The maximum atomic E-state index is 12.6. The van der Waals surface area contributed by atoms with Crippen LogP contribution in [0.25, 0.3) is 22.3 Å². The third-order valence-electron chi connectivity index (χ3n) is 6.85. The lowest BCUT2D eigenvalue weighted by molar-refractivity contribution is -0.149. The molecule has 0 aliphatic carbocycles. The number of imidazole rings is 2. The molecule has 272 valence electrons. The second-order valence-corrected chi connectivity index (χ2v) is 11.1. The van der Waals surface area contributed by atoms with Crippen LogP contribution in [0.5, 0.6) is 0 Å². The zero-order valence-electron chi connectivity index (χ0n) is 27.3. The van der Waals surface area contributed by atoms with Crippen molar-refractivity contribution < 1.29 is 28.5 Å². The first kappa shape index (κ1) is 40.8. The van der Waals surface area contributed by atoms with Gasteiger partial charge in [0.25, 0.3) is 11.1 Å². The summed E-state index contributed by atoms with van der Waals surface area (Å²) in [6, 6.07) is -1.42. The summed E-state index contributed by atoms with van der Waals surface area (Å²) >= 11 is 0. The number of aromatic nitrogens is 8. The number of anilines is 2. The zero-order chi connectivity index (χ0) is 34.1. The summed E-state index contributed by atoms with van der Waals surface area (Å²) in [5.41, 5.74) is 11.3. The summed E-state index contributed by atoms with van der Waals surface area (Å²) < 4.78 is 24.4. The van der Waals surface area contributed by atoms with Gasteiger partial charge in [-0.05, 0) is 11.8 Å². The highest BCUT2D eigenvalue weighted by Crippen LogP contribution is 2.10. The van der Waals surface area contributed by atoms with Gasteiger partial charge in [-0.1, -0.05) is 27.7 Å². The molecule has 4 rings (SSSR count). The quantitative estimate of drug-likeness (QED) is 0.0442. The Labute approximate surface area is 291 Å². The van der Waals surface area contributed by atoms with E-state index in [0.29, 0.717) is 0 Å². The molecule has 4 heterocycles. The molecule has 0 aliphatic heterocycles. The Morgan fingerprint density at radius 1 is 0.735 bits per heavy atom. The number of nitrogens with one attached hydrogen (secondary N) is 4. The average molecular weight is 734 g/mol. The smallest absolute Gasteiger partial charge is 0.323 e. The maximum Gasteiger partial charge on any atom is 0.323 e. The number of carbonyl (C=O) groups is 2. The van der Waals surface area contributed by atoms with Crippen molar-refractivity contribution in [3.8, 4) is 0 Å². The van der Waals surface area contributed by atoms with Crippen LogP contribution in [0.3, 0.4) is 0 Å². The van der Waals surface area contributed by atoms with Crippen molar-refractivity contribution in [2.24, 2.45) is 23.3 Å². The van der Waals surface area contributed by atoms with Gasteiger partial charge in [0.15, 0.2) is 22.3 Å². The molecule has 20 nitrogen and oxygen atoms in total. The van der Waals surface area contributed by atoms with Crippen LogP contribution in [0.15, 0.2) is 22.2 Å². The van der Waals surface area contributed by atoms with E-state index in [-0.39, 0.29) is 117 Å². The highest BCUT2D eigenvalue weighted by molar-refractivity contribution is 5.85. The Hall–Kier alpha value is -4.34. The third kappa shape index (κ3) is 10.8. The number of halogens is 2. The SMILES string of the molecule is CC(C)[C@H](N)C(=O)OCCOCn1cnc2c(=O)[nH]c(NCNc3nc4c(ncn4COCCOC(=O)[C@@H](N)C(C)C)c(=O)[nH]3)nc21.Cl.Cl. The van der Waals surface area contributed by atoms with Crippen LogP contribution in [0, 0.1) is 11.8 Å². The summed E-state index contributed by atoms with van der Waals surface area (Å²) in [5, 5.41) is 5.82. The molecule has 0 bridgehead atoms. The number of aromatic amines is 2. The molecule has 0 spiro atoms. The minimum absolute atomic E-state index is 0. The van der Waals surface area contributed by atoms with Crippen molar-refractivity contribution in [1.82, 2.24) is 39.0 Å². The monoisotopic (exact) mass is 732 g/mol. The van der Waals surface area contributed by atoms with E-state index in [1.165, 1.54) is 21.8 Å². The first-order chi connectivity index (χ1) is 22.5. The van der Waals surface area contributed by atoms with E-state index in [0.717, 1.165) is 0 Å². The number of carbonyl (C=O) groups excluding carboxylic acids is 2. The molecule has 0 fully saturated rings. The van der Waals surface area contributed by atoms with Crippen LogP contribution in [0.4, 0.5) is 11.9 Å². The minimum atomic E-state index is -0.711. The van der Waals surface area contributed by atoms with E-state index in [9.17, 15) is 19.2 Å². The number of H-pyrrole nitrogens is 2. The lowest BCUT2D eigenvalue weighted by Crippen LogP contribution is -2.37. The van der Waals surface area contributed by atoms with E-state index in [1.807, 2.05) is 27.7 Å². The summed E-state index contributed by atoms with van der Waals surface area (Å²) in [5.74, 6) is -0.880. The number of fused-ring (bicyclic) bond motifs is 2. The van der Waals surface area contributed by atoms with Gasteiger partial charge in [0.2, 0.25) is 11.9 Å². The molecular formula is C27H42Cl2N12O8. The standard InChI is InChI=1S/C27H40N12O8.2ClH/c1-14(2)16(28)24(42)46-7-5-44-12-38-10-32-18-20(38)34-26(36-22(18)40)30-9-31-27-35-21-19(23(41)37-27)33-11-39(21)13-45-6-8-47-25(43)17(29)15(3)4;;/h10-11,14-17H,5-9,12-13,28-29H2,1-4H3,(H2,30,34,36,40)(H2,31,35,37,41);2*1H/t16-,17-;;/m0../s1. The lowest BCUT2D eigenvalue weighted by atomic mass is 10.1. The molecule has 4 aromatic heterocycles. The Balaban J connectivity index is 0.00000417. The summed E-state index contributed by atoms with van der Waals surface area (Å²) in [6.45, 7) is 7.51. The molecule has 2 atom stereocenters. The second-order valence-electron chi connectivity index (χ2n) is 11.1. The fourth-order valence-corrected chi connectivity index (χ4v) is 3.94. The Kier molecular flexibility index (Phi) is 15.8. The Morgan fingerprint density at radius 2 is 1.12 bits per heavy atom. The van der Waals surface area contributed by atoms with E-state index < -0.39 is 35.1 Å². The van der Waals surface area contributed by atoms with Crippen LogP contribution in [0.1, 0.15) is 27.7 Å². The zero-order valence-corrected chi connectivity index (χ0v) is 29.0. The van der Waals surface area contributed by atoms with Crippen molar-refractivity contribution in [3.05, 3.63) is 33.4 Å². The topological polar surface area (TPSA) is 274 Å². The minimum Gasteiger partial charge on any atom is -0.462 e. The van der Waals surface area contributed by atoms with Crippen molar-refractivity contribution >= 4 is 71.0 Å². The molecule has 0 saturated heterocycles. The number of nitrogens with zero attached hydrogens (tertiary/aromatic N) is 6. The van der Waals surface area contributed by atoms with Crippen LogP contribution in [0.2, 0.25) is 0 Å². The highest BCUT2D eigenvalue weighted by Gasteiger charge is 2.19. The van der Waals surface area contributed by atoms with E-state index in [2.05, 4.69) is 40.5 Å². The number of hydrogen-bond donors (Lipinski definition) is 6. The highest BCUT2D eigenvalue weighted by atomic mass is 35.5. The van der Waals surface area contributed by atoms with E-state index in [4.69, 9.17) is 30.4 Å². The van der Waals surface area contributed by atoms with Gasteiger partial charge < -0.3 is 41.0 Å². The number of esters is 2. The first-order valence-electron chi connectivity index (χ1n) is 14.8. The molecule has 0 radical (unpaired) electrons. The fraction of sp³-hybridized carbons (Fsp3) is 0.556. The predicted molar refractivity (Wildman–Crippen MR) is 182 cm³/mol. The van der Waals surface area contributed by atoms with E-state index >= 15 is 0 Å². The molecule has 22 heteroatoms. The van der Waals surface area contributed by atoms with Crippen molar-refractivity contribution in [3.63, 3.8) is 0 Å². The van der Waals surface area contributed by atoms with Gasteiger partial charge in [-0.2, -0.15) is 9.97 Å². The molecule has 0 aliphatic rings. The molecule has 0 amide bonds. The summed E-state index contributed by atoms with van der Waals surface area (Å²) in [6.07, 6.45) is 2.81. The van der Waals surface area contributed by atoms with Crippen LogP contribution >= 0.6 is 24.8 Å². The van der Waals surface area contributed by atoms with Gasteiger partial charge in [-0.15, -0.1) is 24.8 Å². The van der Waals surface area contributed by atoms with Crippen LogP contribution in [-0.2, 0) is 42.0 Å². The fourth-order valence-electron chi connectivity index (χ4n) is 3.94. The Bertz CT molecular complexity index is 1660. The van der Waals surface area contributed by atoms with Gasteiger partial charge in [-0.3, -0.25) is 38.3 Å².